The van der Waals surface area contributed by atoms with Crippen LogP contribution in [0.25, 0.3) is 5.57 Å². The van der Waals surface area contributed by atoms with Crippen molar-refractivity contribution in [3.63, 3.8) is 0 Å². The fourth-order valence-electron chi connectivity index (χ4n) is 3.17. The Balaban J connectivity index is 1.93. The Hall–Kier alpha value is -2.82. The molecule has 1 aliphatic rings. The molecular formula is C17H16F3N5. The third-order valence-corrected chi connectivity index (χ3v) is 4.35. The molecule has 0 saturated carbocycles. The largest absolute Gasteiger partial charge is 0.417 e. The molecule has 1 unspecified atom stereocenters. The topological polar surface area (TPSA) is 68.6 Å². The Morgan fingerprint density at radius 3 is 2.80 bits per heavy atom. The summed E-state index contributed by atoms with van der Waals surface area (Å²) in [5.74, 6) is 0. The molecule has 25 heavy (non-hydrogen) atoms. The molecule has 1 heterocycles. The SMILES string of the molecule is CCN(c1ccc(C#N)c(C(F)(F)F)c1)C1C=C(c2c[nH]nn2)CC1. The molecule has 0 amide bonds. The zero-order valence-electron chi connectivity index (χ0n) is 13.5. The van der Waals surface area contributed by atoms with E-state index in [1.165, 1.54) is 6.07 Å². The summed E-state index contributed by atoms with van der Waals surface area (Å²) in [7, 11) is 0. The van der Waals surface area contributed by atoms with Crippen molar-refractivity contribution < 1.29 is 13.2 Å². The van der Waals surface area contributed by atoms with E-state index in [9.17, 15) is 13.2 Å². The van der Waals surface area contributed by atoms with Gasteiger partial charge in [-0.1, -0.05) is 11.3 Å². The van der Waals surface area contributed by atoms with Gasteiger partial charge >= 0.3 is 6.18 Å². The van der Waals surface area contributed by atoms with Gasteiger partial charge in [-0.05, 0) is 43.5 Å². The lowest BCUT2D eigenvalue weighted by Gasteiger charge is -2.29. The van der Waals surface area contributed by atoms with Gasteiger partial charge in [-0.25, -0.2) is 0 Å². The van der Waals surface area contributed by atoms with Crippen LogP contribution in [0.1, 0.15) is 36.6 Å². The molecule has 1 N–H and O–H groups in total. The Kier molecular flexibility index (Phi) is 4.49. The van der Waals surface area contributed by atoms with Gasteiger partial charge in [-0.3, -0.25) is 5.10 Å². The van der Waals surface area contributed by atoms with E-state index in [2.05, 4.69) is 15.4 Å². The molecule has 0 spiro atoms. The third kappa shape index (κ3) is 3.36. The van der Waals surface area contributed by atoms with Crippen LogP contribution in [0.15, 0.2) is 30.5 Å². The van der Waals surface area contributed by atoms with Crippen LogP contribution in [-0.4, -0.2) is 28.0 Å². The quantitative estimate of drug-likeness (QED) is 0.914. The number of hydrogen-bond acceptors (Lipinski definition) is 4. The first kappa shape index (κ1) is 17.0. The van der Waals surface area contributed by atoms with Crippen molar-refractivity contribution in [1.82, 2.24) is 15.4 Å². The maximum Gasteiger partial charge on any atom is 0.417 e. The molecule has 1 aromatic heterocycles. The van der Waals surface area contributed by atoms with E-state index in [-0.39, 0.29) is 11.6 Å². The van der Waals surface area contributed by atoms with Crippen LogP contribution in [0.4, 0.5) is 18.9 Å². The van der Waals surface area contributed by atoms with Gasteiger partial charge in [-0.2, -0.15) is 18.4 Å². The minimum Gasteiger partial charge on any atom is -0.365 e. The van der Waals surface area contributed by atoms with Crippen LogP contribution in [0.2, 0.25) is 0 Å². The summed E-state index contributed by atoms with van der Waals surface area (Å²) >= 11 is 0. The lowest BCUT2D eigenvalue weighted by atomic mass is 10.1. The Labute approximate surface area is 142 Å². The molecule has 5 nitrogen and oxygen atoms in total. The van der Waals surface area contributed by atoms with Crippen LogP contribution in [0.5, 0.6) is 0 Å². The number of hydrogen-bond donors (Lipinski definition) is 1. The van der Waals surface area contributed by atoms with Crippen molar-refractivity contribution in [2.45, 2.75) is 32.0 Å². The van der Waals surface area contributed by atoms with Crippen molar-refractivity contribution in [2.75, 3.05) is 11.4 Å². The Bertz CT molecular complexity index is 818. The van der Waals surface area contributed by atoms with Gasteiger partial charge in [0.05, 0.1) is 17.2 Å². The molecule has 0 aliphatic heterocycles. The summed E-state index contributed by atoms with van der Waals surface area (Å²) in [5.41, 5.74) is 0.981. The summed E-state index contributed by atoms with van der Waals surface area (Å²) in [6, 6.07) is 5.45. The lowest BCUT2D eigenvalue weighted by Crippen LogP contribution is -2.32. The van der Waals surface area contributed by atoms with Crippen LogP contribution in [0.3, 0.4) is 0 Å². The highest BCUT2D eigenvalue weighted by atomic mass is 19.4. The van der Waals surface area contributed by atoms with E-state index in [1.807, 2.05) is 17.9 Å². The molecule has 130 valence electrons. The highest BCUT2D eigenvalue weighted by molar-refractivity contribution is 5.67. The number of rotatable bonds is 4. The van der Waals surface area contributed by atoms with Crippen molar-refractivity contribution >= 4 is 11.3 Å². The first-order valence-electron chi connectivity index (χ1n) is 7.89. The Morgan fingerprint density at radius 1 is 1.40 bits per heavy atom. The van der Waals surface area contributed by atoms with Gasteiger partial charge in [0.2, 0.25) is 0 Å². The minimum atomic E-state index is -4.56. The molecular weight excluding hydrogens is 331 g/mol. The molecule has 1 atom stereocenters. The van der Waals surface area contributed by atoms with E-state index >= 15 is 0 Å². The molecule has 0 radical (unpaired) electrons. The number of halogens is 3. The van der Waals surface area contributed by atoms with E-state index in [0.29, 0.717) is 12.2 Å². The van der Waals surface area contributed by atoms with E-state index in [4.69, 9.17) is 5.26 Å². The number of benzene rings is 1. The maximum atomic E-state index is 13.2. The normalized spacial score (nSPS) is 17.2. The molecule has 1 aliphatic carbocycles. The average Bonchev–Trinajstić information content (AvgIpc) is 3.26. The van der Waals surface area contributed by atoms with Crippen LogP contribution in [-0.2, 0) is 6.18 Å². The molecule has 0 fully saturated rings. The summed E-state index contributed by atoms with van der Waals surface area (Å²) in [5, 5.41) is 19.3. The molecule has 2 aromatic rings. The van der Waals surface area contributed by atoms with E-state index < -0.39 is 11.7 Å². The second-order valence-electron chi connectivity index (χ2n) is 5.78. The van der Waals surface area contributed by atoms with Gasteiger partial charge in [0.25, 0.3) is 0 Å². The summed E-state index contributed by atoms with van der Waals surface area (Å²) in [6.07, 6.45) is 0.742. The second-order valence-corrected chi connectivity index (χ2v) is 5.78. The van der Waals surface area contributed by atoms with E-state index in [0.717, 1.165) is 30.2 Å². The van der Waals surface area contributed by atoms with Gasteiger partial charge in [-0.15, -0.1) is 5.10 Å². The molecule has 3 rings (SSSR count). The highest BCUT2D eigenvalue weighted by Gasteiger charge is 2.34. The zero-order valence-corrected chi connectivity index (χ0v) is 13.5. The Morgan fingerprint density at radius 2 is 2.20 bits per heavy atom. The molecule has 0 bridgehead atoms. The highest BCUT2D eigenvalue weighted by Crippen LogP contribution is 2.36. The number of nitrogens with one attached hydrogen (secondary N) is 1. The third-order valence-electron chi connectivity index (χ3n) is 4.35. The summed E-state index contributed by atoms with van der Waals surface area (Å²) in [4.78, 5) is 1.91. The average molecular weight is 347 g/mol. The first-order valence-corrected chi connectivity index (χ1v) is 7.89. The predicted octanol–water partition coefficient (Wildman–Crippen LogP) is 3.77. The number of nitriles is 1. The number of aromatic nitrogens is 3. The smallest absolute Gasteiger partial charge is 0.365 e. The zero-order chi connectivity index (χ0) is 18.0. The second kappa shape index (κ2) is 6.59. The van der Waals surface area contributed by atoms with Crippen molar-refractivity contribution in [1.29, 1.82) is 5.26 Å². The fourth-order valence-corrected chi connectivity index (χ4v) is 3.17. The van der Waals surface area contributed by atoms with Crippen molar-refractivity contribution in [3.05, 3.63) is 47.3 Å². The standard InChI is InChI=1S/C17H16F3N5/c1-2-25(13-5-3-11(7-13)16-10-22-24-23-16)14-6-4-12(9-21)15(8-14)17(18,19)20/h4,6-8,10,13H,2-3,5H2,1H3,(H,22,23,24). The van der Waals surface area contributed by atoms with Gasteiger partial charge in [0.15, 0.2) is 0 Å². The first-order chi connectivity index (χ1) is 11.9. The molecule has 0 saturated heterocycles. The van der Waals surface area contributed by atoms with Gasteiger partial charge in [0, 0.05) is 24.5 Å². The number of allylic oxidation sites excluding steroid dienone is 1. The molecule has 1 aromatic carbocycles. The monoisotopic (exact) mass is 347 g/mol. The predicted molar refractivity (Wildman–Crippen MR) is 86.6 cm³/mol. The van der Waals surface area contributed by atoms with Crippen molar-refractivity contribution in [2.24, 2.45) is 0 Å². The van der Waals surface area contributed by atoms with Crippen LogP contribution < -0.4 is 4.90 Å². The lowest BCUT2D eigenvalue weighted by molar-refractivity contribution is -0.137. The number of H-pyrrole nitrogens is 1. The summed E-state index contributed by atoms with van der Waals surface area (Å²) in [6.45, 7) is 2.45. The van der Waals surface area contributed by atoms with Gasteiger partial charge < -0.3 is 4.90 Å². The van der Waals surface area contributed by atoms with E-state index in [1.54, 1.807) is 18.3 Å². The minimum absolute atomic E-state index is 0.0225. The fraction of sp³-hybridized carbons (Fsp3) is 0.353. The van der Waals surface area contributed by atoms with Crippen LogP contribution >= 0.6 is 0 Å². The van der Waals surface area contributed by atoms with Gasteiger partial charge in [0.1, 0.15) is 5.69 Å². The number of aromatic amines is 1. The molecule has 8 heteroatoms. The number of anilines is 1. The van der Waals surface area contributed by atoms with Crippen LogP contribution in [0, 0.1) is 11.3 Å². The number of nitrogens with zero attached hydrogens (tertiary/aromatic N) is 4. The number of alkyl halides is 3. The number of likely N-dealkylation sites (N-methyl/N-ethyl adjacent to an activating group) is 1. The summed E-state index contributed by atoms with van der Waals surface area (Å²) < 4.78 is 39.6. The van der Waals surface area contributed by atoms with Crippen molar-refractivity contribution in [3.8, 4) is 6.07 Å². The maximum absolute atomic E-state index is 13.2.